The Morgan fingerprint density at radius 1 is 1.08 bits per heavy atom. The number of halogens is 1. The van der Waals surface area contributed by atoms with E-state index < -0.39 is 0 Å². The van der Waals surface area contributed by atoms with E-state index in [1.165, 1.54) is 38.5 Å². The van der Waals surface area contributed by atoms with Crippen molar-refractivity contribution in [3.63, 3.8) is 0 Å². The normalized spacial score (nSPS) is 20.3. The molecule has 1 aliphatic carbocycles. The molecule has 1 aliphatic heterocycles. The van der Waals surface area contributed by atoms with Crippen LogP contribution in [0, 0.1) is 0 Å². The van der Waals surface area contributed by atoms with E-state index in [4.69, 9.17) is 11.6 Å². The number of urea groups is 1. The van der Waals surface area contributed by atoms with Crippen LogP contribution in [-0.2, 0) is 6.42 Å². The summed E-state index contributed by atoms with van der Waals surface area (Å²) in [6.07, 6.45) is 9.02. The van der Waals surface area contributed by atoms with Crippen molar-refractivity contribution in [3.8, 4) is 0 Å². The van der Waals surface area contributed by atoms with Crippen molar-refractivity contribution >= 4 is 17.6 Å². The number of hydrogen-bond donors (Lipinski definition) is 1. The summed E-state index contributed by atoms with van der Waals surface area (Å²) in [6, 6.07) is 8.64. The lowest BCUT2D eigenvalue weighted by molar-refractivity contribution is 0.101. The van der Waals surface area contributed by atoms with Crippen LogP contribution in [0.5, 0.6) is 0 Å². The second kappa shape index (κ2) is 9.44. The van der Waals surface area contributed by atoms with Crippen LogP contribution in [0.3, 0.4) is 0 Å². The number of hydrogen-bond acceptors (Lipinski definition) is 2. The first-order valence-corrected chi connectivity index (χ1v) is 10.1. The molecule has 0 radical (unpaired) electrons. The standard InChI is InChI=1S/C20H30ClN3O/c21-18-7-5-6-17(16-18)10-11-22-20(25)24-14-12-23(13-15-24)19-8-3-1-2-4-9-19/h5-7,16,19H,1-4,8-15H2,(H,22,25). The molecule has 1 saturated carbocycles. The maximum absolute atomic E-state index is 12.4. The number of benzene rings is 1. The average Bonchev–Trinajstić information content (AvgIpc) is 2.91. The van der Waals surface area contributed by atoms with Crippen LogP contribution in [0.2, 0.25) is 5.02 Å². The van der Waals surface area contributed by atoms with E-state index >= 15 is 0 Å². The third-order valence-corrected chi connectivity index (χ3v) is 5.76. The topological polar surface area (TPSA) is 35.6 Å². The molecule has 4 nitrogen and oxygen atoms in total. The van der Waals surface area contributed by atoms with Crippen molar-refractivity contribution in [3.05, 3.63) is 34.9 Å². The molecule has 1 N–H and O–H groups in total. The largest absolute Gasteiger partial charge is 0.338 e. The molecule has 1 aromatic carbocycles. The Balaban J connectivity index is 1.37. The van der Waals surface area contributed by atoms with Gasteiger partial charge in [-0.3, -0.25) is 4.90 Å². The van der Waals surface area contributed by atoms with Crippen LogP contribution in [0.4, 0.5) is 4.79 Å². The number of rotatable bonds is 4. The van der Waals surface area contributed by atoms with Crippen LogP contribution in [0.25, 0.3) is 0 Å². The maximum Gasteiger partial charge on any atom is 0.317 e. The summed E-state index contributed by atoms with van der Waals surface area (Å²) in [4.78, 5) is 16.9. The van der Waals surface area contributed by atoms with E-state index in [-0.39, 0.29) is 6.03 Å². The lowest BCUT2D eigenvalue weighted by Crippen LogP contribution is -2.54. The summed E-state index contributed by atoms with van der Waals surface area (Å²) in [5.41, 5.74) is 1.16. The van der Waals surface area contributed by atoms with Crippen molar-refractivity contribution in [1.29, 1.82) is 0 Å². The molecule has 25 heavy (non-hydrogen) atoms. The highest BCUT2D eigenvalue weighted by atomic mass is 35.5. The number of carbonyl (C=O) groups excluding carboxylic acids is 1. The summed E-state index contributed by atoms with van der Waals surface area (Å²) in [5.74, 6) is 0. The summed E-state index contributed by atoms with van der Waals surface area (Å²) < 4.78 is 0. The lowest BCUT2D eigenvalue weighted by Gasteiger charge is -2.39. The Bertz CT molecular complexity index is 550. The molecular weight excluding hydrogens is 334 g/mol. The van der Waals surface area contributed by atoms with Gasteiger partial charge in [-0.15, -0.1) is 0 Å². The van der Waals surface area contributed by atoms with E-state index in [1.54, 1.807) is 0 Å². The molecule has 0 spiro atoms. The Labute approximate surface area is 156 Å². The van der Waals surface area contributed by atoms with Gasteiger partial charge in [0.1, 0.15) is 0 Å². The number of nitrogens with one attached hydrogen (secondary N) is 1. The minimum atomic E-state index is 0.0718. The number of carbonyl (C=O) groups is 1. The van der Waals surface area contributed by atoms with Crippen molar-refractivity contribution in [2.45, 2.75) is 51.0 Å². The van der Waals surface area contributed by atoms with Gasteiger partial charge in [0, 0.05) is 43.8 Å². The molecule has 2 amide bonds. The SMILES string of the molecule is O=C(NCCc1cccc(Cl)c1)N1CCN(C2CCCCCC2)CC1. The molecule has 5 heteroatoms. The average molecular weight is 364 g/mol. The molecule has 0 bridgehead atoms. The second-order valence-electron chi connectivity index (χ2n) is 7.28. The molecule has 1 aromatic rings. The van der Waals surface area contributed by atoms with Gasteiger partial charge in [0.15, 0.2) is 0 Å². The van der Waals surface area contributed by atoms with Crippen molar-refractivity contribution in [2.75, 3.05) is 32.7 Å². The van der Waals surface area contributed by atoms with E-state index in [2.05, 4.69) is 10.2 Å². The molecule has 0 aromatic heterocycles. The Kier molecular flexibility index (Phi) is 7.00. The molecule has 1 saturated heterocycles. The van der Waals surface area contributed by atoms with E-state index in [1.807, 2.05) is 29.2 Å². The van der Waals surface area contributed by atoms with E-state index in [0.29, 0.717) is 6.54 Å². The van der Waals surface area contributed by atoms with Gasteiger partial charge in [0.05, 0.1) is 0 Å². The first kappa shape index (κ1) is 18.5. The molecule has 2 fully saturated rings. The first-order chi connectivity index (χ1) is 12.2. The second-order valence-corrected chi connectivity index (χ2v) is 7.72. The highest BCUT2D eigenvalue weighted by molar-refractivity contribution is 6.30. The molecule has 2 aliphatic rings. The molecule has 0 atom stereocenters. The van der Waals surface area contributed by atoms with Crippen molar-refractivity contribution in [1.82, 2.24) is 15.1 Å². The smallest absolute Gasteiger partial charge is 0.317 e. The molecule has 138 valence electrons. The zero-order valence-corrected chi connectivity index (χ0v) is 15.8. The molecule has 1 heterocycles. The van der Waals surface area contributed by atoms with Gasteiger partial charge in [-0.1, -0.05) is 49.4 Å². The molecule has 0 unspecified atom stereocenters. The molecular formula is C20H30ClN3O. The van der Waals surface area contributed by atoms with Crippen LogP contribution >= 0.6 is 11.6 Å². The maximum atomic E-state index is 12.4. The number of amides is 2. The highest BCUT2D eigenvalue weighted by Gasteiger charge is 2.26. The third kappa shape index (κ3) is 5.61. The fraction of sp³-hybridized carbons (Fsp3) is 0.650. The summed E-state index contributed by atoms with van der Waals surface area (Å²) in [7, 11) is 0. The monoisotopic (exact) mass is 363 g/mol. The highest BCUT2D eigenvalue weighted by Crippen LogP contribution is 2.22. The zero-order chi connectivity index (χ0) is 17.5. The van der Waals surface area contributed by atoms with Crippen LogP contribution < -0.4 is 5.32 Å². The van der Waals surface area contributed by atoms with Crippen LogP contribution in [-0.4, -0.2) is 54.6 Å². The van der Waals surface area contributed by atoms with Crippen molar-refractivity contribution in [2.24, 2.45) is 0 Å². The van der Waals surface area contributed by atoms with Gasteiger partial charge in [-0.2, -0.15) is 0 Å². The van der Waals surface area contributed by atoms with Gasteiger partial charge in [-0.25, -0.2) is 4.79 Å². The van der Waals surface area contributed by atoms with Crippen LogP contribution in [0.1, 0.15) is 44.1 Å². The van der Waals surface area contributed by atoms with Gasteiger partial charge in [0.25, 0.3) is 0 Å². The van der Waals surface area contributed by atoms with E-state index in [0.717, 1.165) is 49.2 Å². The minimum Gasteiger partial charge on any atom is -0.338 e. The summed E-state index contributed by atoms with van der Waals surface area (Å²) >= 11 is 6.00. The van der Waals surface area contributed by atoms with Crippen molar-refractivity contribution < 1.29 is 4.79 Å². The van der Waals surface area contributed by atoms with Gasteiger partial charge >= 0.3 is 6.03 Å². The minimum absolute atomic E-state index is 0.0718. The summed E-state index contributed by atoms with van der Waals surface area (Å²) in [6.45, 7) is 4.39. The van der Waals surface area contributed by atoms with Crippen LogP contribution in [0.15, 0.2) is 24.3 Å². The quantitative estimate of drug-likeness (QED) is 0.822. The molecule has 3 rings (SSSR count). The Morgan fingerprint density at radius 3 is 2.48 bits per heavy atom. The van der Waals surface area contributed by atoms with Gasteiger partial charge < -0.3 is 10.2 Å². The number of nitrogens with zero attached hydrogens (tertiary/aromatic N) is 2. The predicted octanol–water partition coefficient (Wildman–Crippen LogP) is 3.93. The first-order valence-electron chi connectivity index (χ1n) is 9.73. The Hall–Kier alpha value is -1.26. The van der Waals surface area contributed by atoms with Gasteiger partial charge in [0.2, 0.25) is 0 Å². The predicted molar refractivity (Wildman–Crippen MR) is 103 cm³/mol. The lowest BCUT2D eigenvalue weighted by atomic mass is 10.1. The number of piperazine rings is 1. The fourth-order valence-electron chi connectivity index (χ4n) is 4.03. The zero-order valence-electron chi connectivity index (χ0n) is 15.1. The summed E-state index contributed by atoms with van der Waals surface area (Å²) in [5, 5.41) is 3.80. The Morgan fingerprint density at radius 2 is 1.80 bits per heavy atom. The fourth-order valence-corrected chi connectivity index (χ4v) is 4.24. The third-order valence-electron chi connectivity index (χ3n) is 5.52. The van der Waals surface area contributed by atoms with Gasteiger partial charge in [-0.05, 0) is 37.0 Å². The van der Waals surface area contributed by atoms with E-state index in [9.17, 15) is 4.79 Å².